The van der Waals surface area contributed by atoms with E-state index in [2.05, 4.69) is 5.16 Å². The minimum absolute atomic E-state index is 0.0498. The van der Waals surface area contributed by atoms with E-state index < -0.39 is 5.97 Å². The van der Waals surface area contributed by atoms with Crippen molar-refractivity contribution in [3.63, 3.8) is 0 Å². The lowest BCUT2D eigenvalue weighted by molar-refractivity contribution is -0.138. The Kier molecular flexibility index (Phi) is 5.19. The van der Waals surface area contributed by atoms with E-state index in [0.29, 0.717) is 37.1 Å². The van der Waals surface area contributed by atoms with Gasteiger partial charge in [0.1, 0.15) is 5.76 Å². The van der Waals surface area contributed by atoms with Gasteiger partial charge in [-0.05, 0) is 37.3 Å². The van der Waals surface area contributed by atoms with Crippen LogP contribution in [0.1, 0.15) is 31.4 Å². The third-order valence-corrected chi connectivity index (χ3v) is 3.68. The van der Waals surface area contributed by atoms with Gasteiger partial charge in [0.15, 0.2) is 6.61 Å². The van der Waals surface area contributed by atoms with E-state index >= 15 is 0 Å². The highest BCUT2D eigenvalue weighted by Gasteiger charge is 2.23. The molecule has 116 valence electrons. The smallest absolute Gasteiger partial charge is 0.303 e. The van der Waals surface area contributed by atoms with Gasteiger partial charge in [0, 0.05) is 25.6 Å². The molecule has 0 bridgehead atoms. The number of carboxylic acids is 1. The summed E-state index contributed by atoms with van der Waals surface area (Å²) in [6, 6.07) is 1.63. The van der Waals surface area contributed by atoms with E-state index in [-0.39, 0.29) is 18.9 Å². The van der Waals surface area contributed by atoms with Crippen LogP contribution in [0.5, 0.6) is 5.88 Å². The number of ether oxygens (including phenoxy) is 1. The van der Waals surface area contributed by atoms with Crippen LogP contribution >= 0.6 is 0 Å². The van der Waals surface area contributed by atoms with Crippen molar-refractivity contribution in [2.24, 2.45) is 5.92 Å². The summed E-state index contributed by atoms with van der Waals surface area (Å²) in [5, 5.41) is 12.3. The van der Waals surface area contributed by atoms with Crippen molar-refractivity contribution in [3.05, 3.63) is 11.8 Å². The fourth-order valence-corrected chi connectivity index (χ4v) is 2.44. The van der Waals surface area contributed by atoms with Crippen LogP contribution in [-0.4, -0.2) is 46.7 Å². The van der Waals surface area contributed by atoms with E-state index in [1.165, 1.54) is 0 Å². The molecule has 2 heterocycles. The first kappa shape index (κ1) is 15.3. The van der Waals surface area contributed by atoms with Gasteiger partial charge in [-0.15, -0.1) is 0 Å². The Balaban J connectivity index is 1.69. The second-order valence-corrected chi connectivity index (χ2v) is 5.32. The predicted octanol–water partition coefficient (Wildman–Crippen LogP) is 1.47. The van der Waals surface area contributed by atoms with E-state index in [1.54, 1.807) is 17.9 Å². The van der Waals surface area contributed by atoms with E-state index in [4.69, 9.17) is 14.4 Å². The fraction of sp³-hybridized carbons (Fsp3) is 0.643. The standard InChI is InChI=1S/C14H20N2O5/c1-10-8-12(15-21-10)20-9-13(17)16-6-4-11(5-7-16)2-3-14(18)19/h8,11H,2-7,9H2,1H3,(H,18,19). The molecule has 21 heavy (non-hydrogen) atoms. The first-order chi connectivity index (χ1) is 10.0. The summed E-state index contributed by atoms with van der Waals surface area (Å²) < 4.78 is 10.1. The number of carbonyl (C=O) groups is 2. The normalized spacial score (nSPS) is 16.0. The average Bonchev–Trinajstić information content (AvgIpc) is 2.89. The highest BCUT2D eigenvalue weighted by Crippen LogP contribution is 2.22. The number of rotatable bonds is 6. The van der Waals surface area contributed by atoms with Crippen molar-refractivity contribution < 1.29 is 24.0 Å². The van der Waals surface area contributed by atoms with Gasteiger partial charge < -0.3 is 19.3 Å². The van der Waals surface area contributed by atoms with Gasteiger partial charge in [0.2, 0.25) is 0 Å². The number of carboxylic acid groups (broad SMARTS) is 1. The van der Waals surface area contributed by atoms with Crippen LogP contribution < -0.4 is 4.74 Å². The Hall–Kier alpha value is -2.05. The van der Waals surface area contributed by atoms with Crippen LogP contribution in [0.25, 0.3) is 0 Å². The number of likely N-dealkylation sites (tertiary alicyclic amines) is 1. The molecule has 1 aliphatic heterocycles. The second-order valence-electron chi connectivity index (χ2n) is 5.32. The highest BCUT2D eigenvalue weighted by atomic mass is 16.5. The molecule has 0 saturated carbocycles. The maximum absolute atomic E-state index is 12.0. The molecule has 7 nitrogen and oxygen atoms in total. The lowest BCUT2D eigenvalue weighted by atomic mass is 9.92. The van der Waals surface area contributed by atoms with Gasteiger partial charge in [-0.25, -0.2) is 0 Å². The lowest BCUT2D eigenvalue weighted by Gasteiger charge is -2.31. The average molecular weight is 296 g/mol. The predicted molar refractivity (Wildman–Crippen MR) is 72.9 cm³/mol. The van der Waals surface area contributed by atoms with Crippen molar-refractivity contribution >= 4 is 11.9 Å². The number of piperidine rings is 1. The molecule has 2 rings (SSSR count). The van der Waals surface area contributed by atoms with Crippen molar-refractivity contribution in [3.8, 4) is 5.88 Å². The zero-order valence-electron chi connectivity index (χ0n) is 12.1. The topological polar surface area (TPSA) is 92.9 Å². The van der Waals surface area contributed by atoms with E-state index in [0.717, 1.165) is 12.8 Å². The van der Waals surface area contributed by atoms with Gasteiger partial charge in [-0.3, -0.25) is 9.59 Å². The third-order valence-electron chi connectivity index (χ3n) is 3.68. The Bertz CT molecular complexity index is 491. The number of carbonyl (C=O) groups excluding carboxylic acids is 1. The molecule has 1 aromatic rings. The molecule has 0 aliphatic carbocycles. The number of aliphatic carboxylic acids is 1. The van der Waals surface area contributed by atoms with Crippen LogP contribution in [-0.2, 0) is 9.59 Å². The van der Waals surface area contributed by atoms with Crippen molar-refractivity contribution in [2.75, 3.05) is 19.7 Å². The number of aromatic nitrogens is 1. The van der Waals surface area contributed by atoms with E-state index in [1.807, 2.05) is 0 Å². The molecular weight excluding hydrogens is 276 g/mol. The van der Waals surface area contributed by atoms with Gasteiger partial charge in [-0.2, -0.15) is 0 Å². The SMILES string of the molecule is Cc1cc(OCC(=O)N2CCC(CCC(=O)O)CC2)no1. The molecule has 0 atom stereocenters. The molecule has 0 spiro atoms. The number of amides is 1. The number of hydrogen-bond donors (Lipinski definition) is 1. The largest absolute Gasteiger partial charge is 0.481 e. The molecule has 1 aromatic heterocycles. The summed E-state index contributed by atoms with van der Waals surface area (Å²) in [7, 11) is 0. The lowest BCUT2D eigenvalue weighted by Crippen LogP contribution is -2.41. The molecular formula is C14H20N2O5. The van der Waals surface area contributed by atoms with Gasteiger partial charge in [0.25, 0.3) is 11.8 Å². The summed E-state index contributed by atoms with van der Waals surface area (Å²) in [4.78, 5) is 24.3. The molecule has 1 saturated heterocycles. The summed E-state index contributed by atoms with van der Waals surface area (Å²) in [6.45, 7) is 3.02. The first-order valence-electron chi connectivity index (χ1n) is 7.10. The molecule has 0 aromatic carbocycles. The minimum atomic E-state index is -0.759. The number of aryl methyl sites for hydroxylation is 1. The van der Waals surface area contributed by atoms with Crippen LogP contribution in [0.3, 0.4) is 0 Å². The Morgan fingerprint density at radius 3 is 2.76 bits per heavy atom. The zero-order chi connectivity index (χ0) is 15.2. The monoisotopic (exact) mass is 296 g/mol. The molecule has 1 amide bonds. The highest BCUT2D eigenvalue weighted by molar-refractivity contribution is 5.77. The summed E-state index contributed by atoms with van der Waals surface area (Å²) in [5.74, 6) is 0.510. The molecule has 1 N–H and O–H groups in total. The number of nitrogens with zero attached hydrogens (tertiary/aromatic N) is 2. The minimum Gasteiger partial charge on any atom is -0.481 e. The molecule has 1 aliphatic rings. The molecule has 0 unspecified atom stereocenters. The van der Waals surface area contributed by atoms with Crippen LogP contribution in [0, 0.1) is 12.8 Å². The zero-order valence-corrected chi connectivity index (χ0v) is 12.1. The third kappa shape index (κ3) is 4.77. The first-order valence-corrected chi connectivity index (χ1v) is 7.10. The van der Waals surface area contributed by atoms with Gasteiger partial charge in [-0.1, -0.05) is 0 Å². The van der Waals surface area contributed by atoms with Gasteiger partial charge in [0.05, 0.1) is 0 Å². The van der Waals surface area contributed by atoms with Crippen LogP contribution in [0.15, 0.2) is 10.6 Å². The maximum Gasteiger partial charge on any atom is 0.303 e. The molecule has 0 radical (unpaired) electrons. The van der Waals surface area contributed by atoms with Gasteiger partial charge >= 0.3 is 5.97 Å². The summed E-state index contributed by atoms with van der Waals surface area (Å²) >= 11 is 0. The molecule has 1 fully saturated rings. The fourth-order valence-electron chi connectivity index (χ4n) is 2.44. The van der Waals surface area contributed by atoms with Crippen molar-refractivity contribution in [1.29, 1.82) is 0 Å². The summed E-state index contributed by atoms with van der Waals surface area (Å²) in [6.07, 6.45) is 2.59. The Morgan fingerprint density at radius 2 is 2.19 bits per heavy atom. The van der Waals surface area contributed by atoms with E-state index in [9.17, 15) is 9.59 Å². The summed E-state index contributed by atoms with van der Waals surface area (Å²) in [5.41, 5.74) is 0. The Labute approximate surface area is 122 Å². The second kappa shape index (κ2) is 7.10. The van der Waals surface area contributed by atoms with Crippen LogP contribution in [0.2, 0.25) is 0 Å². The Morgan fingerprint density at radius 1 is 1.48 bits per heavy atom. The maximum atomic E-state index is 12.0. The van der Waals surface area contributed by atoms with Crippen molar-refractivity contribution in [2.45, 2.75) is 32.6 Å². The molecule has 7 heteroatoms. The quantitative estimate of drug-likeness (QED) is 0.854. The van der Waals surface area contributed by atoms with Crippen molar-refractivity contribution in [1.82, 2.24) is 10.1 Å². The number of hydrogen-bond acceptors (Lipinski definition) is 5. The van der Waals surface area contributed by atoms with Crippen LogP contribution in [0.4, 0.5) is 0 Å².